The molecule has 0 aliphatic heterocycles. The Labute approximate surface area is 198 Å². The Kier molecular flexibility index (Phi) is 8.32. The molecule has 2 aromatic carbocycles. The molecule has 180 valence electrons. The van der Waals surface area contributed by atoms with Crippen LogP contribution in [0.4, 0.5) is 5.69 Å². The van der Waals surface area contributed by atoms with E-state index >= 15 is 0 Å². The standard InChI is InChI=1S/C23H31N3O5S2/c1-22(2,3)32(29)24-20(17-10-8-7-9-11-17)16-21(25-33(30,31)23(4,5)6)18-12-14-19(15-13-18)26(27)28/h7-15,21,25H,16H2,1-6H3/b24-20-/t21-,32?/m0/s1. The lowest BCUT2D eigenvalue weighted by Gasteiger charge is -2.26. The number of nitro groups is 1. The Morgan fingerprint density at radius 2 is 1.58 bits per heavy atom. The smallest absolute Gasteiger partial charge is 0.258 e. The van der Waals surface area contributed by atoms with Crippen LogP contribution in [0.15, 0.2) is 59.0 Å². The number of hydrogen-bond donors (Lipinski definition) is 1. The van der Waals surface area contributed by atoms with Crippen LogP contribution in [0.25, 0.3) is 0 Å². The first kappa shape index (κ1) is 26.8. The minimum absolute atomic E-state index is 0.0954. The second-order valence-electron chi connectivity index (χ2n) is 9.60. The Morgan fingerprint density at radius 3 is 2.03 bits per heavy atom. The number of nitrogens with zero attached hydrogens (tertiary/aromatic N) is 2. The van der Waals surface area contributed by atoms with Crippen molar-refractivity contribution >= 4 is 32.4 Å². The molecule has 0 heterocycles. The molecule has 0 saturated carbocycles. The van der Waals surface area contributed by atoms with Gasteiger partial charge in [0.25, 0.3) is 5.69 Å². The first-order chi connectivity index (χ1) is 15.1. The SMILES string of the molecule is CC(C)(C)S(=O)/N=C(/C[C@H](NS(=O)(=O)C(C)(C)C)c1ccc([N+](=O)[O-])cc1)c1ccccc1. The van der Waals surface area contributed by atoms with Gasteiger partial charge in [0.2, 0.25) is 10.0 Å². The molecule has 0 saturated heterocycles. The number of non-ortho nitro benzene ring substituents is 1. The molecule has 1 N–H and O–H groups in total. The van der Waals surface area contributed by atoms with E-state index in [1.54, 1.807) is 20.8 Å². The highest BCUT2D eigenvalue weighted by atomic mass is 32.2. The van der Waals surface area contributed by atoms with Gasteiger partial charge in [-0.15, -0.1) is 0 Å². The van der Waals surface area contributed by atoms with Gasteiger partial charge in [-0.2, -0.15) is 4.40 Å². The van der Waals surface area contributed by atoms with Gasteiger partial charge < -0.3 is 0 Å². The van der Waals surface area contributed by atoms with Crippen molar-refractivity contribution in [1.82, 2.24) is 4.72 Å². The van der Waals surface area contributed by atoms with Crippen LogP contribution in [0, 0.1) is 10.1 Å². The van der Waals surface area contributed by atoms with E-state index < -0.39 is 41.5 Å². The van der Waals surface area contributed by atoms with Crippen LogP contribution in [-0.4, -0.2) is 32.8 Å². The van der Waals surface area contributed by atoms with Gasteiger partial charge in [0, 0.05) is 18.6 Å². The third kappa shape index (κ3) is 7.28. The molecule has 0 aliphatic rings. The molecular weight excluding hydrogens is 462 g/mol. The number of rotatable bonds is 8. The fourth-order valence-corrected chi connectivity index (χ4v) is 4.29. The predicted molar refractivity (Wildman–Crippen MR) is 133 cm³/mol. The lowest BCUT2D eigenvalue weighted by molar-refractivity contribution is -0.384. The fraction of sp³-hybridized carbons (Fsp3) is 0.435. The lowest BCUT2D eigenvalue weighted by atomic mass is 9.98. The zero-order valence-electron chi connectivity index (χ0n) is 19.7. The maximum Gasteiger partial charge on any atom is 0.269 e. The highest BCUT2D eigenvalue weighted by molar-refractivity contribution is 7.90. The third-order valence-electron chi connectivity index (χ3n) is 4.83. The predicted octanol–water partition coefficient (Wildman–Crippen LogP) is 4.70. The summed E-state index contributed by atoms with van der Waals surface area (Å²) >= 11 is 0. The van der Waals surface area contributed by atoms with Gasteiger partial charge in [-0.1, -0.05) is 42.5 Å². The topological polar surface area (TPSA) is 119 Å². The monoisotopic (exact) mass is 493 g/mol. The minimum atomic E-state index is -3.77. The normalized spacial score (nSPS) is 15.2. The molecule has 2 atom stereocenters. The molecule has 10 heteroatoms. The molecule has 1 unspecified atom stereocenters. The van der Waals surface area contributed by atoms with E-state index in [-0.39, 0.29) is 12.1 Å². The number of nitrogens with one attached hydrogen (secondary N) is 1. The van der Waals surface area contributed by atoms with Crippen LogP contribution in [0.2, 0.25) is 0 Å². The van der Waals surface area contributed by atoms with Gasteiger partial charge in [-0.3, -0.25) is 10.1 Å². The maximum absolute atomic E-state index is 13.0. The fourth-order valence-electron chi connectivity index (χ4n) is 2.69. The van der Waals surface area contributed by atoms with Gasteiger partial charge >= 0.3 is 0 Å². The highest BCUT2D eigenvalue weighted by Crippen LogP contribution is 2.27. The second-order valence-corrected chi connectivity index (χ2v) is 14.0. The van der Waals surface area contributed by atoms with Crippen molar-refractivity contribution in [2.45, 2.75) is 63.5 Å². The van der Waals surface area contributed by atoms with E-state index in [9.17, 15) is 22.7 Å². The van der Waals surface area contributed by atoms with Crippen LogP contribution < -0.4 is 4.72 Å². The molecule has 0 aliphatic carbocycles. The summed E-state index contributed by atoms with van der Waals surface area (Å²) in [7, 11) is -5.34. The quantitative estimate of drug-likeness (QED) is 0.325. The van der Waals surface area contributed by atoms with Gasteiger partial charge in [0.05, 0.1) is 26.2 Å². The molecule has 0 amide bonds. The molecule has 0 fully saturated rings. The van der Waals surface area contributed by atoms with Crippen molar-refractivity contribution in [3.8, 4) is 0 Å². The Bertz CT molecular complexity index is 1130. The molecule has 33 heavy (non-hydrogen) atoms. The van der Waals surface area contributed by atoms with Crippen molar-refractivity contribution < 1.29 is 17.6 Å². The minimum Gasteiger partial charge on any atom is -0.258 e. The van der Waals surface area contributed by atoms with E-state index in [0.717, 1.165) is 5.56 Å². The van der Waals surface area contributed by atoms with Crippen LogP contribution >= 0.6 is 0 Å². The lowest BCUT2D eigenvalue weighted by Crippen LogP contribution is -2.42. The van der Waals surface area contributed by atoms with Crippen LogP contribution in [0.3, 0.4) is 0 Å². The molecule has 2 rings (SSSR count). The van der Waals surface area contributed by atoms with Crippen molar-refractivity contribution in [2.75, 3.05) is 0 Å². The van der Waals surface area contributed by atoms with Crippen LogP contribution in [0.5, 0.6) is 0 Å². The summed E-state index contributed by atoms with van der Waals surface area (Å²) < 4.78 is 44.3. The summed E-state index contributed by atoms with van der Waals surface area (Å²) in [6, 6.07) is 14.1. The first-order valence-electron chi connectivity index (χ1n) is 10.4. The average Bonchev–Trinajstić information content (AvgIpc) is 2.71. The van der Waals surface area contributed by atoms with Gasteiger partial charge in [-0.25, -0.2) is 17.3 Å². The molecule has 0 aromatic heterocycles. The van der Waals surface area contributed by atoms with E-state index in [2.05, 4.69) is 9.12 Å². The summed E-state index contributed by atoms with van der Waals surface area (Å²) in [5.74, 6) is 0. The Hall–Kier alpha value is -2.43. The largest absolute Gasteiger partial charge is 0.269 e. The number of sulfonamides is 1. The van der Waals surface area contributed by atoms with E-state index in [0.29, 0.717) is 11.3 Å². The highest BCUT2D eigenvalue weighted by Gasteiger charge is 2.33. The number of benzene rings is 2. The van der Waals surface area contributed by atoms with Crippen LogP contribution in [-0.2, 0) is 21.0 Å². The molecule has 8 nitrogen and oxygen atoms in total. The first-order valence-corrected chi connectivity index (χ1v) is 13.0. The van der Waals surface area contributed by atoms with E-state index in [1.807, 2.05) is 51.1 Å². The summed E-state index contributed by atoms with van der Waals surface area (Å²) in [5, 5.41) is 11.1. The summed E-state index contributed by atoms with van der Waals surface area (Å²) in [5.41, 5.74) is 1.64. The van der Waals surface area contributed by atoms with Gasteiger partial charge in [0.15, 0.2) is 0 Å². The maximum atomic E-state index is 13.0. The van der Waals surface area contributed by atoms with Crippen molar-refractivity contribution in [3.05, 3.63) is 75.8 Å². The molecule has 0 bridgehead atoms. The van der Waals surface area contributed by atoms with E-state index in [4.69, 9.17) is 0 Å². The van der Waals surface area contributed by atoms with Gasteiger partial charge in [0.1, 0.15) is 11.0 Å². The molecular formula is C23H31N3O5S2. The number of hydrogen-bond acceptors (Lipinski definition) is 5. The molecule has 2 aromatic rings. The Morgan fingerprint density at radius 1 is 1.03 bits per heavy atom. The third-order valence-corrected chi connectivity index (χ3v) is 8.47. The average molecular weight is 494 g/mol. The molecule has 0 spiro atoms. The zero-order chi connectivity index (χ0) is 25.0. The van der Waals surface area contributed by atoms with E-state index in [1.165, 1.54) is 24.3 Å². The Balaban J connectivity index is 2.58. The second kappa shape index (κ2) is 10.2. The summed E-state index contributed by atoms with van der Waals surface area (Å²) in [6.45, 7) is 10.2. The van der Waals surface area contributed by atoms with Crippen LogP contribution in [0.1, 0.15) is 65.1 Å². The zero-order valence-corrected chi connectivity index (χ0v) is 21.4. The van der Waals surface area contributed by atoms with Crippen molar-refractivity contribution in [2.24, 2.45) is 4.40 Å². The van der Waals surface area contributed by atoms with Crippen molar-refractivity contribution in [1.29, 1.82) is 0 Å². The molecule has 0 radical (unpaired) electrons. The summed E-state index contributed by atoms with van der Waals surface area (Å²) in [6.07, 6.45) is 0.110. The number of nitro benzene ring substituents is 1. The van der Waals surface area contributed by atoms with Crippen molar-refractivity contribution in [3.63, 3.8) is 0 Å². The van der Waals surface area contributed by atoms with Gasteiger partial charge in [-0.05, 0) is 52.7 Å². The summed E-state index contributed by atoms with van der Waals surface area (Å²) in [4.78, 5) is 10.5.